The van der Waals surface area contributed by atoms with E-state index in [9.17, 15) is 4.79 Å². The van der Waals surface area contributed by atoms with Crippen LogP contribution in [0.4, 0.5) is 0 Å². The zero-order chi connectivity index (χ0) is 11.3. The van der Waals surface area contributed by atoms with Gasteiger partial charge in [-0.2, -0.15) is 0 Å². The average molecular weight is 214 g/mol. The molecule has 1 amide bonds. The number of nitrogens with two attached hydrogens (primary N) is 2. The molecule has 5 heteroatoms. The van der Waals surface area contributed by atoms with Gasteiger partial charge in [-0.1, -0.05) is 13.3 Å². The third kappa shape index (κ3) is 3.44. The minimum Gasteiger partial charge on any atom is -0.328 e. The van der Waals surface area contributed by atoms with Crippen molar-refractivity contribution >= 4 is 5.91 Å². The van der Waals surface area contributed by atoms with Crippen molar-refractivity contribution in [1.82, 2.24) is 10.3 Å². The number of likely N-dealkylation sites (tertiary alicyclic amines) is 1. The van der Waals surface area contributed by atoms with E-state index in [1.54, 1.807) is 0 Å². The van der Waals surface area contributed by atoms with Crippen LogP contribution in [0.25, 0.3) is 0 Å². The predicted octanol–water partition coefficient (Wildman–Crippen LogP) is -0.432. The maximum Gasteiger partial charge on any atom is 0.251 e. The highest BCUT2D eigenvalue weighted by molar-refractivity contribution is 5.81. The van der Waals surface area contributed by atoms with Gasteiger partial charge in [-0.25, -0.2) is 5.84 Å². The average Bonchev–Trinajstić information content (AvgIpc) is 2.26. The summed E-state index contributed by atoms with van der Waals surface area (Å²) in [6, 6.07) is 0.219. The van der Waals surface area contributed by atoms with Gasteiger partial charge in [0.25, 0.3) is 5.91 Å². The molecule has 1 aliphatic rings. The number of hydrazine groups is 1. The van der Waals surface area contributed by atoms with Crippen LogP contribution in [-0.4, -0.2) is 36.0 Å². The number of rotatable bonds is 4. The molecule has 5 N–H and O–H groups in total. The Morgan fingerprint density at radius 2 is 2.13 bits per heavy atom. The number of piperidine rings is 1. The molecule has 0 aromatic rings. The summed E-state index contributed by atoms with van der Waals surface area (Å²) in [5, 5.41) is 0. The second kappa shape index (κ2) is 6.05. The number of carbonyl (C=O) groups is 1. The van der Waals surface area contributed by atoms with Crippen LogP contribution in [0.5, 0.6) is 0 Å². The summed E-state index contributed by atoms with van der Waals surface area (Å²) in [5.41, 5.74) is 8.07. The fraction of sp³-hybridized carbons (Fsp3) is 0.900. The van der Waals surface area contributed by atoms with E-state index in [1.807, 2.05) is 0 Å². The normalized spacial score (nSPS) is 21.3. The summed E-state index contributed by atoms with van der Waals surface area (Å²) in [7, 11) is 0. The van der Waals surface area contributed by atoms with Gasteiger partial charge < -0.3 is 5.73 Å². The zero-order valence-corrected chi connectivity index (χ0v) is 9.41. The number of nitrogens with one attached hydrogen (secondary N) is 1. The summed E-state index contributed by atoms with van der Waals surface area (Å²) in [6.45, 7) is 3.88. The Hall–Kier alpha value is -0.650. The van der Waals surface area contributed by atoms with E-state index in [0.29, 0.717) is 6.04 Å². The Morgan fingerprint density at radius 1 is 1.53 bits per heavy atom. The molecule has 5 nitrogen and oxygen atoms in total. The Balaban J connectivity index is 2.51. The zero-order valence-electron chi connectivity index (χ0n) is 9.41. The van der Waals surface area contributed by atoms with Gasteiger partial charge >= 0.3 is 0 Å². The molecule has 1 unspecified atom stereocenters. The predicted molar refractivity (Wildman–Crippen MR) is 59.8 cm³/mol. The number of hydrogen-bond acceptors (Lipinski definition) is 4. The quantitative estimate of drug-likeness (QED) is 0.337. The Morgan fingerprint density at radius 3 is 2.60 bits per heavy atom. The third-order valence-corrected chi connectivity index (χ3v) is 3.02. The Kier molecular flexibility index (Phi) is 5.01. The topological polar surface area (TPSA) is 84.4 Å². The summed E-state index contributed by atoms with van der Waals surface area (Å²) in [5.74, 6) is 5.11. The molecule has 0 bridgehead atoms. The third-order valence-electron chi connectivity index (χ3n) is 3.02. The van der Waals surface area contributed by atoms with E-state index in [1.165, 1.54) is 0 Å². The highest BCUT2D eigenvalue weighted by Crippen LogP contribution is 2.15. The van der Waals surface area contributed by atoms with Crippen molar-refractivity contribution in [3.05, 3.63) is 0 Å². The standard InChI is InChI=1S/C10H22N4O/c1-2-3-9(10(15)13-12)14-6-4-8(11)5-7-14/h8-9H,2-7,11-12H2,1H3,(H,13,15). The van der Waals surface area contributed by atoms with Crippen molar-refractivity contribution in [2.75, 3.05) is 13.1 Å². The first-order valence-electron chi connectivity index (χ1n) is 5.69. The fourth-order valence-electron chi connectivity index (χ4n) is 2.08. The molecule has 0 aromatic heterocycles. The molecule has 1 aliphatic heterocycles. The summed E-state index contributed by atoms with van der Waals surface area (Å²) >= 11 is 0. The summed E-state index contributed by atoms with van der Waals surface area (Å²) in [6.07, 6.45) is 3.79. The SMILES string of the molecule is CCCC(C(=O)NN)N1CCC(N)CC1. The molecule has 0 radical (unpaired) electrons. The molecule has 0 saturated carbocycles. The lowest BCUT2D eigenvalue weighted by Crippen LogP contribution is -2.52. The first kappa shape index (κ1) is 12.4. The van der Waals surface area contributed by atoms with E-state index in [0.717, 1.165) is 38.8 Å². The van der Waals surface area contributed by atoms with Crippen LogP contribution in [0, 0.1) is 0 Å². The molecule has 1 rings (SSSR count). The molecule has 0 aliphatic carbocycles. The molecule has 88 valence electrons. The van der Waals surface area contributed by atoms with Gasteiger partial charge in [-0.15, -0.1) is 0 Å². The van der Waals surface area contributed by atoms with E-state index in [-0.39, 0.29) is 11.9 Å². The lowest BCUT2D eigenvalue weighted by Gasteiger charge is -2.35. The van der Waals surface area contributed by atoms with Gasteiger partial charge in [0.2, 0.25) is 0 Å². The molecule has 1 saturated heterocycles. The first-order valence-corrected chi connectivity index (χ1v) is 5.69. The van der Waals surface area contributed by atoms with Crippen LogP contribution in [0.15, 0.2) is 0 Å². The molecule has 0 spiro atoms. The van der Waals surface area contributed by atoms with Gasteiger partial charge in [-0.3, -0.25) is 15.1 Å². The van der Waals surface area contributed by atoms with Crippen molar-refractivity contribution in [1.29, 1.82) is 0 Å². The van der Waals surface area contributed by atoms with Crippen molar-refractivity contribution in [2.24, 2.45) is 11.6 Å². The van der Waals surface area contributed by atoms with Gasteiger partial charge in [-0.05, 0) is 19.3 Å². The highest BCUT2D eigenvalue weighted by Gasteiger charge is 2.27. The molecule has 0 aromatic carbocycles. The van der Waals surface area contributed by atoms with Gasteiger partial charge in [0.05, 0.1) is 6.04 Å². The lowest BCUT2D eigenvalue weighted by atomic mass is 10.0. The van der Waals surface area contributed by atoms with E-state index in [4.69, 9.17) is 11.6 Å². The number of hydrogen-bond donors (Lipinski definition) is 3. The van der Waals surface area contributed by atoms with Crippen LogP contribution in [0.3, 0.4) is 0 Å². The van der Waals surface area contributed by atoms with E-state index in [2.05, 4.69) is 17.2 Å². The van der Waals surface area contributed by atoms with Crippen LogP contribution < -0.4 is 17.0 Å². The molecular formula is C10H22N4O. The monoisotopic (exact) mass is 214 g/mol. The second-order valence-electron chi connectivity index (χ2n) is 4.19. The van der Waals surface area contributed by atoms with Gasteiger partial charge in [0.1, 0.15) is 0 Å². The smallest absolute Gasteiger partial charge is 0.251 e. The van der Waals surface area contributed by atoms with Crippen LogP contribution >= 0.6 is 0 Å². The Bertz CT molecular complexity index is 202. The summed E-state index contributed by atoms with van der Waals surface area (Å²) < 4.78 is 0. The van der Waals surface area contributed by atoms with Crippen LogP contribution in [0.2, 0.25) is 0 Å². The lowest BCUT2D eigenvalue weighted by molar-refractivity contribution is -0.127. The Labute approximate surface area is 91.1 Å². The largest absolute Gasteiger partial charge is 0.328 e. The van der Waals surface area contributed by atoms with E-state index < -0.39 is 0 Å². The number of amides is 1. The molecule has 15 heavy (non-hydrogen) atoms. The first-order chi connectivity index (χ1) is 7.19. The van der Waals surface area contributed by atoms with Gasteiger partial charge in [0, 0.05) is 19.1 Å². The molecule has 1 atom stereocenters. The van der Waals surface area contributed by atoms with Crippen LogP contribution in [-0.2, 0) is 4.79 Å². The fourth-order valence-corrected chi connectivity index (χ4v) is 2.08. The van der Waals surface area contributed by atoms with Crippen molar-refractivity contribution in [3.63, 3.8) is 0 Å². The van der Waals surface area contributed by atoms with Crippen molar-refractivity contribution in [2.45, 2.75) is 44.7 Å². The highest BCUT2D eigenvalue weighted by atomic mass is 16.2. The minimum atomic E-state index is -0.0766. The number of carbonyl (C=O) groups excluding carboxylic acids is 1. The van der Waals surface area contributed by atoms with Crippen molar-refractivity contribution in [3.8, 4) is 0 Å². The molecular weight excluding hydrogens is 192 g/mol. The maximum atomic E-state index is 11.6. The molecule has 1 fully saturated rings. The molecule has 1 heterocycles. The second-order valence-corrected chi connectivity index (χ2v) is 4.19. The minimum absolute atomic E-state index is 0.0764. The van der Waals surface area contributed by atoms with Crippen molar-refractivity contribution < 1.29 is 4.79 Å². The maximum absolute atomic E-state index is 11.6. The summed E-state index contributed by atoms with van der Waals surface area (Å²) in [4.78, 5) is 13.8. The van der Waals surface area contributed by atoms with Crippen LogP contribution in [0.1, 0.15) is 32.6 Å². The van der Waals surface area contributed by atoms with Gasteiger partial charge in [0.15, 0.2) is 0 Å². The van der Waals surface area contributed by atoms with E-state index >= 15 is 0 Å². The number of nitrogens with zero attached hydrogens (tertiary/aromatic N) is 1.